The van der Waals surface area contributed by atoms with Gasteiger partial charge in [0.2, 0.25) is 0 Å². The van der Waals surface area contributed by atoms with Crippen LogP contribution < -0.4 is 11.3 Å². The van der Waals surface area contributed by atoms with Crippen LogP contribution in [0.15, 0.2) is 0 Å². The predicted molar refractivity (Wildman–Crippen MR) is 67.5 cm³/mol. The normalized spacial score (nSPS) is 28.9. The predicted octanol–water partition coefficient (Wildman–Crippen LogP) is 1.59. The minimum absolute atomic E-state index is 0.197. The van der Waals surface area contributed by atoms with Crippen LogP contribution in [-0.4, -0.2) is 31.5 Å². The molecule has 2 fully saturated rings. The van der Waals surface area contributed by atoms with E-state index in [1.807, 2.05) is 0 Å². The molecule has 1 aliphatic heterocycles. The zero-order valence-electron chi connectivity index (χ0n) is 10.9. The summed E-state index contributed by atoms with van der Waals surface area (Å²) in [5.41, 5.74) is 3.13. The summed E-state index contributed by atoms with van der Waals surface area (Å²) in [6.45, 7) is 4.57. The summed E-state index contributed by atoms with van der Waals surface area (Å²) >= 11 is 0. The Balaban J connectivity index is 1.81. The van der Waals surface area contributed by atoms with E-state index in [0.717, 1.165) is 39.1 Å². The third kappa shape index (κ3) is 3.19. The molecule has 1 saturated carbocycles. The molecule has 2 rings (SSSR count). The van der Waals surface area contributed by atoms with Gasteiger partial charge < -0.3 is 9.47 Å². The molecule has 0 aromatic heterocycles. The lowest BCUT2D eigenvalue weighted by molar-refractivity contribution is -0.149. The smallest absolute Gasteiger partial charge is 0.0685 e. The number of ether oxygens (including phenoxy) is 2. The fourth-order valence-electron chi connectivity index (χ4n) is 3.00. The molecular weight excluding hydrogens is 216 g/mol. The summed E-state index contributed by atoms with van der Waals surface area (Å²) in [5.74, 6) is 6.27. The fraction of sp³-hybridized carbons (Fsp3) is 1.00. The molecule has 1 saturated heterocycles. The van der Waals surface area contributed by atoms with Gasteiger partial charge in [-0.25, -0.2) is 0 Å². The van der Waals surface area contributed by atoms with Crippen molar-refractivity contribution in [2.45, 2.75) is 57.1 Å². The Hall–Kier alpha value is -0.160. The summed E-state index contributed by atoms with van der Waals surface area (Å²) in [5, 5.41) is 0. The molecule has 2 aliphatic rings. The lowest BCUT2D eigenvalue weighted by Crippen LogP contribution is -2.52. The van der Waals surface area contributed by atoms with Crippen molar-refractivity contribution in [1.29, 1.82) is 0 Å². The topological polar surface area (TPSA) is 56.5 Å². The molecule has 0 radical (unpaired) electrons. The Bertz CT molecular complexity index is 231. The van der Waals surface area contributed by atoms with Crippen molar-refractivity contribution in [1.82, 2.24) is 5.43 Å². The van der Waals surface area contributed by atoms with Gasteiger partial charge >= 0.3 is 0 Å². The molecule has 1 aliphatic carbocycles. The first-order chi connectivity index (χ1) is 8.29. The number of hydrazine groups is 1. The van der Waals surface area contributed by atoms with E-state index in [1.54, 1.807) is 0 Å². The molecule has 4 nitrogen and oxygen atoms in total. The first-order valence-corrected chi connectivity index (χ1v) is 6.97. The van der Waals surface area contributed by atoms with Gasteiger partial charge in [-0.2, -0.15) is 0 Å². The van der Waals surface area contributed by atoms with E-state index in [4.69, 9.17) is 15.3 Å². The molecule has 2 atom stereocenters. The molecule has 100 valence electrons. The van der Waals surface area contributed by atoms with Crippen molar-refractivity contribution in [3.8, 4) is 0 Å². The van der Waals surface area contributed by atoms with Gasteiger partial charge in [-0.1, -0.05) is 6.92 Å². The fourth-order valence-corrected chi connectivity index (χ4v) is 3.00. The van der Waals surface area contributed by atoms with Crippen molar-refractivity contribution in [3.05, 3.63) is 0 Å². The highest BCUT2D eigenvalue weighted by Crippen LogP contribution is 2.44. The van der Waals surface area contributed by atoms with Gasteiger partial charge in [-0.15, -0.1) is 0 Å². The zero-order valence-corrected chi connectivity index (χ0v) is 10.9. The SMILES string of the molecule is CCCOCC(NN)C1CCOC2(CCC2)C1. The van der Waals surface area contributed by atoms with Gasteiger partial charge in [-0.05, 0) is 44.4 Å². The van der Waals surface area contributed by atoms with E-state index in [2.05, 4.69) is 12.3 Å². The Morgan fingerprint density at radius 3 is 2.94 bits per heavy atom. The summed E-state index contributed by atoms with van der Waals surface area (Å²) in [6.07, 6.45) is 7.10. The van der Waals surface area contributed by atoms with Crippen molar-refractivity contribution >= 4 is 0 Å². The highest BCUT2D eigenvalue weighted by molar-refractivity contribution is 4.96. The third-order valence-corrected chi connectivity index (χ3v) is 4.22. The maximum Gasteiger partial charge on any atom is 0.0685 e. The average molecular weight is 242 g/mol. The molecule has 0 aromatic rings. The van der Waals surface area contributed by atoms with Crippen molar-refractivity contribution in [2.24, 2.45) is 11.8 Å². The molecule has 4 heteroatoms. The number of hydrogen-bond acceptors (Lipinski definition) is 4. The van der Waals surface area contributed by atoms with E-state index in [9.17, 15) is 0 Å². The van der Waals surface area contributed by atoms with Crippen LogP contribution in [0, 0.1) is 5.92 Å². The maximum absolute atomic E-state index is 5.94. The maximum atomic E-state index is 5.94. The Labute approximate surface area is 104 Å². The average Bonchev–Trinajstić information content (AvgIpc) is 2.33. The first-order valence-electron chi connectivity index (χ1n) is 6.97. The summed E-state index contributed by atoms with van der Waals surface area (Å²) in [7, 11) is 0. The van der Waals surface area contributed by atoms with E-state index < -0.39 is 0 Å². The second-order valence-electron chi connectivity index (χ2n) is 5.49. The van der Waals surface area contributed by atoms with Gasteiger partial charge in [-0.3, -0.25) is 11.3 Å². The molecule has 0 aromatic carbocycles. The van der Waals surface area contributed by atoms with Gasteiger partial charge in [0, 0.05) is 19.3 Å². The highest BCUT2D eigenvalue weighted by atomic mass is 16.5. The molecule has 0 amide bonds. The second kappa shape index (κ2) is 6.14. The van der Waals surface area contributed by atoms with E-state index in [0.29, 0.717) is 5.92 Å². The Morgan fingerprint density at radius 1 is 1.53 bits per heavy atom. The summed E-state index contributed by atoms with van der Waals surface area (Å²) in [6, 6.07) is 0.280. The van der Waals surface area contributed by atoms with Gasteiger partial charge in [0.1, 0.15) is 0 Å². The lowest BCUT2D eigenvalue weighted by Gasteiger charge is -2.48. The number of nitrogens with one attached hydrogen (secondary N) is 1. The van der Waals surface area contributed by atoms with Gasteiger partial charge in [0.05, 0.1) is 12.2 Å². The van der Waals surface area contributed by atoms with Crippen LogP contribution in [0.3, 0.4) is 0 Å². The first kappa shape index (κ1) is 13.3. The van der Waals surface area contributed by atoms with E-state index in [1.165, 1.54) is 19.3 Å². The zero-order chi connectivity index (χ0) is 12.1. The van der Waals surface area contributed by atoms with Crippen molar-refractivity contribution in [3.63, 3.8) is 0 Å². The summed E-state index contributed by atoms with van der Waals surface area (Å²) < 4.78 is 11.6. The molecule has 17 heavy (non-hydrogen) atoms. The van der Waals surface area contributed by atoms with Crippen LogP contribution >= 0.6 is 0 Å². The monoisotopic (exact) mass is 242 g/mol. The highest BCUT2D eigenvalue weighted by Gasteiger charge is 2.44. The molecule has 1 spiro atoms. The molecular formula is C13H26N2O2. The van der Waals surface area contributed by atoms with Crippen LogP contribution in [0.4, 0.5) is 0 Å². The molecule has 0 bridgehead atoms. The number of nitrogens with two attached hydrogens (primary N) is 1. The van der Waals surface area contributed by atoms with Crippen LogP contribution in [0.1, 0.15) is 45.4 Å². The summed E-state index contributed by atoms with van der Waals surface area (Å²) in [4.78, 5) is 0. The van der Waals surface area contributed by atoms with Crippen LogP contribution in [0.2, 0.25) is 0 Å². The van der Waals surface area contributed by atoms with Gasteiger partial charge in [0.25, 0.3) is 0 Å². The van der Waals surface area contributed by atoms with Crippen molar-refractivity contribution < 1.29 is 9.47 Å². The second-order valence-corrected chi connectivity index (χ2v) is 5.49. The largest absolute Gasteiger partial charge is 0.380 e. The van der Waals surface area contributed by atoms with Crippen LogP contribution in [0.5, 0.6) is 0 Å². The third-order valence-electron chi connectivity index (χ3n) is 4.22. The minimum Gasteiger partial charge on any atom is -0.380 e. The standard InChI is InChI=1S/C13H26N2O2/c1-2-7-16-10-12(15-14)11-4-8-17-13(9-11)5-3-6-13/h11-12,15H,2-10,14H2,1H3. The van der Waals surface area contributed by atoms with Crippen LogP contribution in [0.25, 0.3) is 0 Å². The Morgan fingerprint density at radius 2 is 2.35 bits per heavy atom. The van der Waals surface area contributed by atoms with E-state index in [-0.39, 0.29) is 11.6 Å². The lowest BCUT2D eigenvalue weighted by atomic mass is 9.70. The Kier molecular flexibility index (Phi) is 4.79. The molecule has 3 N–H and O–H groups in total. The quantitative estimate of drug-likeness (QED) is 0.422. The molecule has 2 unspecified atom stereocenters. The van der Waals surface area contributed by atoms with Crippen LogP contribution in [-0.2, 0) is 9.47 Å². The van der Waals surface area contributed by atoms with E-state index >= 15 is 0 Å². The number of rotatable bonds is 6. The number of hydrogen-bond donors (Lipinski definition) is 2. The van der Waals surface area contributed by atoms with Gasteiger partial charge in [0.15, 0.2) is 0 Å². The van der Waals surface area contributed by atoms with Crippen molar-refractivity contribution in [2.75, 3.05) is 19.8 Å². The molecule has 1 heterocycles. The minimum atomic E-state index is 0.197.